The van der Waals surface area contributed by atoms with Crippen LogP contribution in [0.25, 0.3) is 0 Å². The average molecular weight is 310 g/mol. The van der Waals surface area contributed by atoms with E-state index in [2.05, 4.69) is 10.3 Å². The summed E-state index contributed by atoms with van der Waals surface area (Å²) < 4.78 is 0. The first kappa shape index (κ1) is 15.0. The van der Waals surface area contributed by atoms with Gasteiger partial charge in [-0.3, -0.25) is 9.59 Å². The Kier molecular flexibility index (Phi) is 3.97. The van der Waals surface area contributed by atoms with Crippen molar-refractivity contribution in [3.8, 4) is 0 Å². The van der Waals surface area contributed by atoms with Gasteiger partial charge in [-0.05, 0) is 37.6 Å². The molecule has 2 heterocycles. The number of carbonyl (C=O) groups excluding carboxylic acids is 2. The van der Waals surface area contributed by atoms with E-state index in [0.29, 0.717) is 17.8 Å². The monoisotopic (exact) mass is 310 g/mol. The zero-order valence-electron chi connectivity index (χ0n) is 12.8. The van der Waals surface area contributed by atoms with Gasteiger partial charge in [0.2, 0.25) is 11.8 Å². The molecule has 0 spiro atoms. The van der Waals surface area contributed by atoms with Gasteiger partial charge in [-0.25, -0.2) is 4.98 Å². The molecule has 3 rings (SSSR count). The largest absolute Gasteiger partial charge is 0.366 e. The molecule has 0 unspecified atom stereocenters. The fourth-order valence-electron chi connectivity index (χ4n) is 2.86. The van der Waals surface area contributed by atoms with E-state index < -0.39 is 5.91 Å². The number of para-hydroxylation sites is 1. The fraction of sp³-hybridized carbons (Fsp3) is 0.235. The summed E-state index contributed by atoms with van der Waals surface area (Å²) in [4.78, 5) is 29.9. The van der Waals surface area contributed by atoms with Crippen LogP contribution >= 0.6 is 0 Å². The highest BCUT2D eigenvalue weighted by Gasteiger charge is 2.38. The lowest BCUT2D eigenvalue weighted by atomic mass is 10.2. The molecule has 0 radical (unpaired) electrons. The summed E-state index contributed by atoms with van der Waals surface area (Å²) in [5, 5.41) is 3.11. The highest BCUT2D eigenvalue weighted by molar-refractivity contribution is 6.01. The molecule has 2 amide bonds. The van der Waals surface area contributed by atoms with Gasteiger partial charge in [-0.15, -0.1) is 0 Å². The maximum absolute atomic E-state index is 12.7. The smallest absolute Gasteiger partial charge is 0.249 e. The summed E-state index contributed by atoms with van der Waals surface area (Å²) in [7, 11) is 0. The molecule has 2 atom stereocenters. The van der Waals surface area contributed by atoms with Gasteiger partial charge in [0.1, 0.15) is 11.9 Å². The van der Waals surface area contributed by atoms with Gasteiger partial charge in [0.15, 0.2) is 0 Å². The normalized spacial score (nSPS) is 20.6. The van der Waals surface area contributed by atoms with Crippen molar-refractivity contribution in [2.45, 2.75) is 25.4 Å². The Morgan fingerprint density at radius 3 is 2.74 bits per heavy atom. The highest BCUT2D eigenvalue weighted by atomic mass is 16.2. The van der Waals surface area contributed by atoms with E-state index in [-0.39, 0.29) is 18.0 Å². The number of carbonyl (C=O) groups is 2. The number of hydrogen-bond donors (Lipinski definition) is 2. The lowest BCUT2D eigenvalue weighted by molar-refractivity contribution is -0.117. The van der Waals surface area contributed by atoms with E-state index in [0.717, 1.165) is 5.69 Å². The molecule has 1 fully saturated rings. The Morgan fingerprint density at radius 2 is 2.04 bits per heavy atom. The molecule has 0 bridgehead atoms. The number of aromatic nitrogens is 1. The molecular formula is C17H18N4O2. The minimum absolute atomic E-state index is 0.00465. The second-order valence-electron chi connectivity index (χ2n) is 5.62. The number of primary amides is 1. The minimum atomic E-state index is -0.521. The fourth-order valence-corrected chi connectivity index (χ4v) is 2.86. The van der Waals surface area contributed by atoms with Crippen LogP contribution in [0.4, 0.5) is 11.5 Å². The van der Waals surface area contributed by atoms with Crippen molar-refractivity contribution in [2.24, 2.45) is 5.73 Å². The predicted molar refractivity (Wildman–Crippen MR) is 88.2 cm³/mol. The maximum Gasteiger partial charge on any atom is 0.249 e. The molecule has 2 aromatic rings. The predicted octanol–water partition coefficient (Wildman–Crippen LogP) is 1.79. The number of anilines is 2. The number of rotatable bonds is 4. The Bertz CT molecular complexity index is 732. The third kappa shape index (κ3) is 3.01. The molecule has 23 heavy (non-hydrogen) atoms. The van der Waals surface area contributed by atoms with Crippen LogP contribution in [0.2, 0.25) is 0 Å². The standard InChI is InChI=1S/C17H18N4O2/c1-11-9-14(17(23)21(11)13-5-3-2-4-6-13)20-15-10-12(16(18)22)7-8-19-15/h2-8,10-11,14H,9H2,1H3,(H2,18,22)(H,19,20)/t11-,14+/m1/s1. The third-order valence-electron chi connectivity index (χ3n) is 3.95. The van der Waals surface area contributed by atoms with Crippen molar-refractivity contribution in [3.63, 3.8) is 0 Å². The number of pyridine rings is 1. The van der Waals surface area contributed by atoms with Gasteiger partial charge >= 0.3 is 0 Å². The average Bonchev–Trinajstić information content (AvgIpc) is 2.82. The molecule has 1 aromatic carbocycles. The van der Waals surface area contributed by atoms with Crippen LogP contribution in [-0.4, -0.2) is 28.9 Å². The van der Waals surface area contributed by atoms with Crippen molar-refractivity contribution in [3.05, 3.63) is 54.2 Å². The van der Waals surface area contributed by atoms with Gasteiger partial charge < -0.3 is 16.0 Å². The number of nitrogens with zero attached hydrogens (tertiary/aromatic N) is 2. The van der Waals surface area contributed by atoms with Crippen molar-refractivity contribution in [1.82, 2.24) is 4.98 Å². The summed E-state index contributed by atoms with van der Waals surface area (Å²) in [6.45, 7) is 2.01. The minimum Gasteiger partial charge on any atom is -0.366 e. The summed E-state index contributed by atoms with van der Waals surface area (Å²) in [5.41, 5.74) is 6.51. The highest BCUT2D eigenvalue weighted by Crippen LogP contribution is 2.28. The summed E-state index contributed by atoms with van der Waals surface area (Å²) in [6.07, 6.45) is 2.16. The van der Waals surface area contributed by atoms with Crippen LogP contribution in [0, 0.1) is 0 Å². The second kappa shape index (κ2) is 6.08. The van der Waals surface area contributed by atoms with Gasteiger partial charge in [-0.1, -0.05) is 18.2 Å². The SMILES string of the molecule is C[C@@H]1C[C@H](Nc2cc(C(N)=O)ccn2)C(=O)N1c1ccccc1. The van der Waals surface area contributed by atoms with Crippen LogP contribution in [0.15, 0.2) is 48.7 Å². The van der Waals surface area contributed by atoms with Crippen molar-refractivity contribution in [2.75, 3.05) is 10.2 Å². The summed E-state index contributed by atoms with van der Waals surface area (Å²) >= 11 is 0. The van der Waals surface area contributed by atoms with E-state index in [1.165, 1.54) is 6.20 Å². The molecule has 1 aliphatic rings. The van der Waals surface area contributed by atoms with E-state index >= 15 is 0 Å². The number of amides is 2. The first-order valence-corrected chi connectivity index (χ1v) is 7.47. The van der Waals surface area contributed by atoms with Crippen molar-refractivity contribution >= 4 is 23.3 Å². The molecule has 6 nitrogen and oxygen atoms in total. The Morgan fingerprint density at radius 1 is 1.30 bits per heavy atom. The van der Waals surface area contributed by atoms with Crippen molar-refractivity contribution in [1.29, 1.82) is 0 Å². The Balaban J connectivity index is 1.79. The van der Waals surface area contributed by atoms with Gasteiger partial charge in [0, 0.05) is 23.5 Å². The van der Waals surface area contributed by atoms with E-state index in [1.54, 1.807) is 17.0 Å². The maximum atomic E-state index is 12.7. The van der Waals surface area contributed by atoms with Crippen LogP contribution in [0.5, 0.6) is 0 Å². The van der Waals surface area contributed by atoms with Gasteiger partial charge in [0.05, 0.1) is 0 Å². The topological polar surface area (TPSA) is 88.3 Å². The summed E-state index contributed by atoms with van der Waals surface area (Å²) in [5.74, 6) is -0.0516. The molecule has 0 aliphatic carbocycles. The van der Waals surface area contributed by atoms with E-state index in [4.69, 9.17) is 5.73 Å². The molecular weight excluding hydrogens is 292 g/mol. The summed E-state index contributed by atoms with van der Waals surface area (Å²) in [6, 6.07) is 12.4. The van der Waals surface area contributed by atoms with Crippen LogP contribution in [-0.2, 0) is 4.79 Å². The van der Waals surface area contributed by atoms with Crippen molar-refractivity contribution < 1.29 is 9.59 Å². The zero-order chi connectivity index (χ0) is 16.4. The number of benzene rings is 1. The van der Waals surface area contributed by atoms with Gasteiger partial charge in [0.25, 0.3) is 0 Å². The van der Waals surface area contributed by atoms with E-state index in [1.807, 2.05) is 37.3 Å². The van der Waals surface area contributed by atoms with Gasteiger partial charge in [-0.2, -0.15) is 0 Å². The molecule has 1 aromatic heterocycles. The quantitative estimate of drug-likeness (QED) is 0.901. The first-order valence-electron chi connectivity index (χ1n) is 7.47. The Labute approximate surface area is 134 Å². The number of hydrogen-bond acceptors (Lipinski definition) is 4. The van der Waals surface area contributed by atoms with Crippen LogP contribution in [0.1, 0.15) is 23.7 Å². The number of nitrogens with one attached hydrogen (secondary N) is 1. The lowest BCUT2D eigenvalue weighted by Crippen LogP contribution is -2.35. The van der Waals surface area contributed by atoms with E-state index in [9.17, 15) is 9.59 Å². The third-order valence-corrected chi connectivity index (χ3v) is 3.95. The molecule has 118 valence electrons. The van der Waals surface area contributed by atoms with Crippen LogP contribution in [0.3, 0.4) is 0 Å². The molecule has 6 heteroatoms. The molecule has 1 saturated heterocycles. The number of nitrogens with two attached hydrogens (primary N) is 1. The molecule has 1 aliphatic heterocycles. The first-order chi connectivity index (χ1) is 11.1. The Hall–Kier alpha value is -2.89. The molecule has 0 saturated carbocycles. The molecule has 3 N–H and O–H groups in total. The van der Waals surface area contributed by atoms with Crippen LogP contribution < -0.4 is 16.0 Å². The lowest BCUT2D eigenvalue weighted by Gasteiger charge is -2.21. The second-order valence-corrected chi connectivity index (χ2v) is 5.62. The zero-order valence-corrected chi connectivity index (χ0v) is 12.8.